The smallest absolute Gasteiger partial charge is 0.410 e. The third-order valence-corrected chi connectivity index (χ3v) is 6.67. The Morgan fingerprint density at radius 1 is 0.906 bits per heavy atom. The van der Waals surface area contributed by atoms with E-state index in [2.05, 4.69) is 0 Å². The van der Waals surface area contributed by atoms with Gasteiger partial charge in [-0.1, -0.05) is 78.9 Å². The summed E-state index contributed by atoms with van der Waals surface area (Å²) in [5.41, 5.74) is 4.03. The van der Waals surface area contributed by atoms with E-state index in [9.17, 15) is 14.7 Å². The maximum absolute atomic E-state index is 13.2. The van der Waals surface area contributed by atoms with Crippen LogP contribution in [-0.2, 0) is 16.0 Å². The van der Waals surface area contributed by atoms with Crippen molar-refractivity contribution < 1.29 is 19.4 Å². The molecule has 162 valence electrons. The Labute approximate surface area is 187 Å². The van der Waals surface area contributed by atoms with Crippen LogP contribution in [-0.4, -0.2) is 35.2 Å². The molecule has 1 N–H and O–H groups in total. The molecule has 1 fully saturated rings. The number of hydrogen-bond acceptors (Lipinski definition) is 3. The zero-order valence-corrected chi connectivity index (χ0v) is 17.7. The summed E-state index contributed by atoms with van der Waals surface area (Å²) in [6.45, 7) is 0.644. The van der Waals surface area contributed by atoms with Crippen LogP contribution in [0.2, 0.25) is 0 Å². The van der Waals surface area contributed by atoms with Gasteiger partial charge in [0, 0.05) is 24.2 Å². The summed E-state index contributed by atoms with van der Waals surface area (Å²) in [6, 6.07) is 25.5. The van der Waals surface area contributed by atoms with Crippen molar-refractivity contribution >= 4 is 12.1 Å². The number of carbonyl (C=O) groups excluding carboxylic acids is 1. The number of rotatable bonds is 4. The summed E-state index contributed by atoms with van der Waals surface area (Å²) < 4.78 is 6.02. The number of carboxylic acids is 1. The van der Waals surface area contributed by atoms with Crippen LogP contribution in [0.5, 0.6) is 0 Å². The van der Waals surface area contributed by atoms with E-state index in [1.165, 1.54) is 0 Å². The van der Waals surface area contributed by atoms with Crippen molar-refractivity contribution in [1.82, 2.24) is 4.90 Å². The first kappa shape index (κ1) is 20.3. The molecule has 1 heterocycles. The highest BCUT2D eigenvalue weighted by molar-refractivity contribution is 5.80. The number of benzene rings is 3. The minimum atomic E-state index is -1.01. The standard InChI is InChI=1S/C27H25NO4/c29-25(30)27(17-19-9-2-1-3-10-19)15-8-16-28(18-27)26(31)32-24-22-13-6-4-11-20(22)21-12-5-7-14-23(21)24/h1-7,9-14,24H,8,15-18H2,(H,29,30). The van der Waals surface area contributed by atoms with E-state index in [4.69, 9.17) is 4.74 Å². The fourth-order valence-corrected chi connectivity index (χ4v) is 5.08. The first-order chi connectivity index (χ1) is 15.6. The Balaban J connectivity index is 1.39. The van der Waals surface area contributed by atoms with E-state index in [0.29, 0.717) is 25.8 Å². The van der Waals surface area contributed by atoms with Gasteiger partial charge in [0.05, 0.1) is 5.41 Å². The lowest BCUT2D eigenvalue weighted by molar-refractivity contribution is -0.152. The second kappa shape index (κ2) is 8.15. The van der Waals surface area contributed by atoms with Gasteiger partial charge in [-0.15, -0.1) is 0 Å². The average Bonchev–Trinajstić information content (AvgIpc) is 3.14. The van der Waals surface area contributed by atoms with Gasteiger partial charge in [0.1, 0.15) is 0 Å². The predicted octanol–water partition coefficient (Wildman–Crippen LogP) is 5.30. The molecule has 1 atom stereocenters. The molecule has 5 heteroatoms. The minimum absolute atomic E-state index is 0.145. The zero-order chi connectivity index (χ0) is 22.1. The molecule has 0 spiro atoms. The third kappa shape index (κ3) is 3.54. The molecule has 32 heavy (non-hydrogen) atoms. The van der Waals surface area contributed by atoms with Crippen LogP contribution in [0.4, 0.5) is 4.79 Å². The molecule has 1 amide bonds. The number of nitrogens with zero attached hydrogens (tertiary/aromatic N) is 1. The predicted molar refractivity (Wildman–Crippen MR) is 121 cm³/mol. The number of amides is 1. The molecular formula is C27H25NO4. The highest BCUT2D eigenvalue weighted by Crippen LogP contribution is 2.45. The molecule has 0 saturated carbocycles. The maximum Gasteiger partial charge on any atom is 0.410 e. The zero-order valence-electron chi connectivity index (χ0n) is 17.7. The van der Waals surface area contributed by atoms with Crippen molar-refractivity contribution in [2.24, 2.45) is 5.41 Å². The SMILES string of the molecule is O=C(OC1c2ccccc2-c2ccccc21)N1CCCC(Cc2ccccc2)(C(=O)O)C1. The van der Waals surface area contributed by atoms with Gasteiger partial charge in [-0.05, 0) is 36.0 Å². The number of piperidine rings is 1. The fourth-order valence-electron chi connectivity index (χ4n) is 5.08. The summed E-state index contributed by atoms with van der Waals surface area (Å²) in [4.78, 5) is 27.2. The molecule has 5 rings (SSSR count). The van der Waals surface area contributed by atoms with Gasteiger partial charge in [-0.3, -0.25) is 4.79 Å². The van der Waals surface area contributed by atoms with Crippen molar-refractivity contribution in [3.8, 4) is 11.1 Å². The van der Waals surface area contributed by atoms with Gasteiger partial charge in [0.15, 0.2) is 6.10 Å². The van der Waals surface area contributed by atoms with E-state index < -0.39 is 23.6 Å². The van der Waals surface area contributed by atoms with Crippen LogP contribution in [0, 0.1) is 5.41 Å². The number of carboxylic acid groups (broad SMARTS) is 1. The highest BCUT2D eigenvalue weighted by atomic mass is 16.6. The first-order valence-corrected chi connectivity index (χ1v) is 11.0. The van der Waals surface area contributed by atoms with E-state index in [1.807, 2.05) is 78.9 Å². The summed E-state index contributed by atoms with van der Waals surface area (Å²) in [6.07, 6.45) is 0.620. The van der Waals surface area contributed by atoms with Gasteiger partial charge in [0.2, 0.25) is 0 Å². The van der Waals surface area contributed by atoms with Crippen molar-refractivity contribution in [3.63, 3.8) is 0 Å². The van der Waals surface area contributed by atoms with Crippen LogP contribution in [0.3, 0.4) is 0 Å². The molecule has 1 aliphatic heterocycles. The largest absolute Gasteiger partial charge is 0.481 e. The number of aliphatic carboxylic acids is 1. The number of fused-ring (bicyclic) bond motifs is 3. The summed E-state index contributed by atoms with van der Waals surface area (Å²) in [5, 5.41) is 10.1. The van der Waals surface area contributed by atoms with E-state index in [0.717, 1.165) is 27.8 Å². The van der Waals surface area contributed by atoms with Crippen molar-refractivity contribution in [3.05, 3.63) is 95.6 Å². The lowest BCUT2D eigenvalue weighted by atomic mass is 9.75. The van der Waals surface area contributed by atoms with E-state index in [1.54, 1.807) is 4.90 Å². The Bertz CT molecular complexity index is 1110. The van der Waals surface area contributed by atoms with Crippen LogP contribution in [0.25, 0.3) is 11.1 Å². The molecular weight excluding hydrogens is 402 g/mol. The van der Waals surface area contributed by atoms with Crippen molar-refractivity contribution in [2.45, 2.75) is 25.4 Å². The van der Waals surface area contributed by atoms with Gasteiger partial charge >= 0.3 is 12.1 Å². The van der Waals surface area contributed by atoms with Crippen molar-refractivity contribution in [1.29, 1.82) is 0 Å². The number of likely N-dealkylation sites (tertiary alicyclic amines) is 1. The highest BCUT2D eigenvalue weighted by Gasteiger charge is 2.45. The second-order valence-corrected chi connectivity index (χ2v) is 8.71. The number of ether oxygens (including phenoxy) is 1. The Kier molecular flexibility index (Phi) is 5.17. The molecule has 0 aromatic heterocycles. The molecule has 0 radical (unpaired) electrons. The van der Waals surface area contributed by atoms with Crippen LogP contribution in [0.15, 0.2) is 78.9 Å². The molecule has 3 aromatic carbocycles. The molecule has 1 unspecified atom stereocenters. The van der Waals surface area contributed by atoms with Crippen molar-refractivity contribution in [2.75, 3.05) is 13.1 Å². The van der Waals surface area contributed by atoms with E-state index in [-0.39, 0.29) is 6.54 Å². The minimum Gasteiger partial charge on any atom is -0.481 e. The maximum atomic E-state index is 13.2. The topological polar surface area (TPSA) is 66.8 Å². The third-order valence-electron chi connectivity index (χ3n) is 6.67. The lowest BCUT2D eigenvalue weighted by Gasteiger charge is -2.39. The van der Waals surface area contributed by atoms with Gasteiger partial charge in [-0.25, -0.2) is 4.79 Å². The average molecular weight is 428 g/mol. The molecule has 0 bridgehead atoms. The van der Waals surface area contributed by atoms with Crippen LogP contribution < -0.4 is 0 Å². The Morgan fingerprint density at radius 3 is 2.12 bits per heavy atom. The quantitative estimate of drug-likeness (QED) is 0.613. The summed E-state index contributed by atoms with van der Waals surface area (Å²) >= 11 is 0. The normalized spacial score (nSPS) is 19.8. The van der Waals surface area contributed by atoms with Gasteiger partial charge < -0.3 is 14.7 Å². The molecule has 3 aromatic rings. The Hall–Kier alpha value is -3.60. The first-order valence-electron chi connectivity index (χ1n) is 11.0. The summed E-state index contributed by atoms with van der Waals surface area (Å²) in [5.74, 6) is -0.865. The van der Waals surface area contributed by atoms with E-state index >= 15 is 0 Å². The Morgan fingerprint density at radius 2 is 1.50 bits per heavy atom. The van der Waals surface area contributed by atoms with Gasteiger partial charge in [-0.2, -0.15) is 0 Å². The monoisotopic (exact) mass is 427 g/mol. The van der Waals surface area contributed by atoms with Gasteiger partial charge in [0.25, 0.3) is 0 Å². The van der Waals surface area contributed by atoms with Crippen LogP contribution in [0.1, 0.15) is 35.6 Å². The molecule has 1 aliphatic carbocycles. The van der Waals surface area contributed by atoms with Crippen LogP contribution >= 0.6 is 0 Å². The molecule has 1 saturated heterocycles. The fraction of sp³-hybridized carbons (Fsp3) is 0.259. The molecule has 5 nitrogen and oxygen atoms in total. The lowest BCUT2D eigenvalue weighted by Crippen LogP contribution is -2.51. The number of hydrogen-bond donors (Lipinski definition) is 1. The molecule has 2 aliphatic rings. The summed E-state index contributed by atoms with van der Waals surface area (Å²) in [7, 11) is 0. The second-order valence-electron chi connectivity index (χ2n) is 8.71. The number of carbonyl (C=O) groups is 2.